The van der Waals surface area contributed by atoms with Crippen molar-refractivity contribution in [3.8, 4) is 0 Å². The van der Waals surface area contributed by atoms with Crippen molar-refractivity contribution in [1.82, 2.24) is 4.90 Å². The second kappa shape index (κ2) is 4.08. The Morgan fingerprint density at radius 3 is 2.47 bits per heavy atom. The number of aliphatic carboxylic acids is 1. The van der Waals surface area contributed by atoms with Crippen LogP contribution in [-0.4, -0.2) is 35.3 Å². The maximum absolute atomic E-state index is 12.0. The van der Waals surface area contributed by atoms with Crippen molar-refractivity contribution >= 4 is 21.7 Å². The van der Waals surface area contributed by atoms with Gasteiger partial charge in [0.1, 0.15) is 10.1 Å². The number of β-lactam (4-membered cyclic amide) rings is 1. The van der Waals surface area contributed by atoms with Crippen molar-refractivity contribution in [2.45, 2.75) is 30.4 Å². The molecule has 17 heavy (non-hydrogen) atoms. The topological polar surface area (TPSA) is 94.6 Å². The smallest absolute Gasteiger partial charge is 0.545 e. The summed E-state index contributed by atoms with van der Waals surface area (Å²) >= 11 is 0. The maximum Gasteiger partial charge on any atom is 1.00 e. The minimum absolute atomic E-state index is 0. The molecule has 1 atom stereocenters. The SMILES string of the molecule is CC1(C)/C(=C\C(=O)[O-])N2C(=O)C[C@H]2S1(=O)=O.[Na+]. The van der Waals surface area contributed by atoms with Gasteiger partial charge in [-0.3, -0.25) is 9.69 Å². The first-order valence-electron chi connectivity index (χ1n) is 4.68. The third kappa shape index (κ3) is 1.76. The number of hydrogen-bond acceptors (Lipinski definition) is 5. The van der Waals surface area contributed by atoms with Gasteiger partial charge in [0, 0.05) is 5.70 Å². The molecule has 0 aromatic carbocycles. The maximum atomic E-state index is 12.0. The van der Waals surface area contributed by atoms with Crippen LogP contribution in [0.2, 0.25) is 0 Å². The summed E-state index contributed by atoms with van der Waals surface area (Å²) in [7, 11) is -3.55. The van der Waals surface area contributed by atoms with Gasteiger partial charge in [-0.05, 0) is 19.9 Å². The van der Waals surface area contributed by atoms with Gasteiger partial charge >= 0.3 is 29.6 Å². The molecule has 0 aliphatic carbocycles. The van der Waals surface area contributed by atoms with Crippen LogP contribution in [-0.2, 0) is 19.4 Å². The summed E-state index contributed by atoms with van der Waals surface area (Å²) in [5.41, 5.74) is -0.00579. The molecule has 0 aromatic heterocycles. The minimum Gasteiger partial charge on any atom is -0.545 e. The summed E-state index contributed by atoms with van der Waals surface area (Å²) in [5.74, 6) is -1.87. The summed E-state index contributed by atoms with van der Waals surface area (Å²) in [5, 5.41) is 9.61. The van der Waals surface area contributed by atoms with E-state index in [1.54, 1.807) is 0 Å². The first kappa shape index (κ1) is 14.7. The van der Waals surface area contributed by atoms with Gasteiger partial charge in [0.25, 0.3) is 0 Å². The van der Waals surface area contributed by atoms with Gasteiger partial charge in [0.15, 0.2) is 9.84 Å². The summed E-state index contributed by atoms with van der Waals surface area (Å²) in [6.07, 6.45) is 0.616. The standard InChI is InChI=1S/C9H11NO5S.Na/c1-9(2)5(3-8(12)13)10-6(11)4-7(10)16(9,14)15;/h3,7H,4H2,1-2H3,(H,12,13);/q;+1/p-1/b5-3+;/t7-;/m1./s1. The van der Waals surface area contributed by atoms with E-state index in [9.17, 15) is 23.1 Å². The van der Waals surface area contributed by atoms with Gasteiger partial charge in [0.05, 0.1) is 12.4 Å². The number of nitrogens with zero attached hydrogens (tertiary/aromatic N) is 1. The normalized spacial score (nSPS) is 30.5. The summed E-state index contributed by atoms with van der Waals surface area (Å²) in [6.45, 7) is 2.78. The van der Waals surface area contributed by atoms with Crippen LogP contribution in [0.5, 0.6) is 0 Å². The Hall–Kier alpha value is -0.370. The quantitative estimate of drug-likeness (QED) is 0.271. The van der Waals surface area contributed by atoms with E-state index in [-0.39, 0.29) is 47.6 Å². The summed E-state index contributed by atoms with van der Waals surface area (Å²) < 4.78 is 22.6. The van der Waals surface area contributed by atoms with Gasteiger partial charge in [-0.15, -0.1) is 0 Å². The van der Waals surface area contributed by atoms with Crippen LogP contribution >= 0.6 is 0 Å². The number of hydrogen-bond donors (Lipinski definition) is 0. The molecule has 0 saturated carbocycles. The average Bonchev–Trinajstić information content (AvgIpc) is 2.21. The van der Waals surface area contributed by atoms with E-state index in [0.29, 0.717) is 6.08 Å². The van der Waals surface area contributed by atoms with Crippen molar-refractivity contribution in [1.29, 1.82) is 0 Å². The predicted molar refractivity (Wildman–Crippen MR) is 51.3 cm³/mol. The van der Waals surface area contributed by atoms with E-state index < -0.39 is 25.9 Å². The molecule has 0 unspecified atom stereocenters. The number of rotatable bonds is 1. The van der Waals surface area contributed by atoms with Crippen LogP contribution in [0, 0.1) is 0 Å². The molecule has 2 aliphatic rings. The van der Waals surface area contributed by atoms with E-state index in [1.165, 1.54) is 13.8 Å². The van der Waals surface area contributed by atoms with E-state index in [1.807, 2.05) is 0 Å². The molecular weight excluding hydrogens is 257 g/mol. The molecule has 1 amide bonds. The minimum atomic E-state index is -3.55. The first-order chi connectivity index (χ1) is 7.19. The van der Waals surface area contributed by atoms with Crippen LogP contribution < -0.4 is 34.7 Å². The van der Waals surface area contributed by atoms with E-state index in [2.05, 4.69) is 0 Å². The van der Waals surface area contributed by atoms with Crippen molar-refractivity contribution in [2.75, 3.05) is 0 Å². The van der Waals surface area contributed by atoms with E-state index in [0.717, 1.165) is 4.90 Å². The fourth-order valence-electron chi connectivity index (χ4n) is 2.06. The van der Waals surface area contributed by atoms with E-state index >= 15 is 0 Å². The van der Waals surface area contributed by atoms with Gasteiger partial charge in [-0.25, -0.2) is 8.42 Å². The van der Waals surface area contributed by atoms with Crippen LogP contribution in [0.15, 0.2) is 11.8 Å². The number of sulfone groups is 1. The largest absolute Gasteiger partial charge is 1.00 e. The van der Waals surface area contributed by atoms with Gasteiger partial charge in [-0.2, -0.15) is 0 Å². The molecule has 0 bridgehead atoms. The summed E-state index contributed by atoms with van der Waals surface area (Å²) in [6, 6.07) is 0. The van der Waals surface area contributed by atoms with Gasteiger partial charge < -0.3 is 9.90 Å². The molecular formula is C9H10NNaO5S. The van der Waals surface area contributed by atoms with E-state index in [4.69, 9.17) is 0 Å². The summed E-state index contributed by atoms with van der Waals surface area (Å²) in [4.78, 5) is 22.8. The Labute approximate surface area is 121 Å². The Morgan fingerprint density at radius 1 is 1.53 bits per heavy atom. The second-order valence-electron chi connectivity index (χ2n) is 4.33. The molecule has 2 heterocycles. The molecule has 88 valence electrons. The van der Waals surface area contributed by atoms with Crippen molar-refractivity contribution in [2.24, 2.45) is 0 Å². The number of carboxylic acid groups (broad SMARTS) is 1. The second-order valence-corrected chi connectivity index (χ2v) is 6.98. The van der Waals surface area contributed by atoms with Crippen molar-refractivity contribution < 1.29 is 52.7 Å². The van der Waals surface area contributed by atoms with Crippen LogP contribution in [0.25, 0.3) is 0 Å². The Kier molecular flexibility index (Phi) is 3.53. The molecule has 2 saturated heterocycles. The molecule has 2 rings (SSSR count). The molecule has 2 aliphatic heterocycles. The van der Waals surface area contributed by atoms with Crippen LogP contribution in [0.4, 0.5) is 0 Å². The zero-order chi connectivity index (χ0) is 12.3. The fourth-order valence-corrected chi connectivity index (χ4v) is 4.06. The van der Waals surface area contributed by atoms with Crippen molar-refractivity contribution in [3.63, 3.8) is 0 Å². The molecule has 6 nitrogen and oxygen atoms in total. The number of carbonyl (C=O) groups is 2. The Morgan fingerprint density at radius 2 is 2.06 bits per heavy atom. The Balaban J connectivity index is 0.00000144. The van der Waals surface area contributed by atoms with Crippen LogP contribution in [0.1, 0.15) is 20.3 Å². The van der Waals surface area contributed by atoms with Crippen LogP contribution in [0.3, 0.4) is 0 Å². The van der Waals surface area contributed by atoms with Crippen molar-refractivity contribution in [3.05, 3.63) is 11.8 Å². The van der Waals surface area contributed by atoms with Gasteiger partial charge in [-0.1, -0.05) is 0 Å². The number of carbonyl (C=O) groups excluding carboxylic acids is 2. The third-order valence-electron chi connectivity index (χ3n) is 3.11. The number of amides is 1. The molecule has 0 N–H and O–H groups in total. The zero-order valence-electron chi connectivity index (χ0n) is 9.76. The molecule has 0 radical (unpaired) electrons. The molecule has 0 spiro atoms. The molecule has 0 aromatic rings. The third-order valence-corrected chi connectivity index (χ3v) is 5.83. The first-order valence-corrected chi connectivity index (χ1v) is 6.23. The predicted octanol–water partition coefficient (Wildman–Crippen LogP) is -4.61. The average molecular weight is 267 g/mol. The number of carboxylic acids is 1. The zero-order valence-corrected chi connectivity index (χ0v) is 12.6. The fraction of sp³-hybridized carbons (Fsp3) is 0.556. The molecule has 8 heteroatoms. The Bertz CT molecular complexity index is 522. The molecule has 2 fully saturated rings. The van der Waals surface area contributed by atoms with Gasteiger partial charge in [0.2, 0.25) is 5.91 Å². The monoisotopic (exact) mass is 267 g/mol. The number of fused-ring (bicyclic) bond motifs is 1.